The molecule has 1 spiro atoms. The predicted molar refractivity (Wildman–Crippen MR) is 96.9 cm³/mol. The van der Waals surface area contributed by atoms with E-state index in [9.17, 15) is 4.79 Å². The molecule has 4 aliphatic rings. The zero-order chi connectivity index (χ0) is 17.6. The Morgan fingerprint density at radius 2 is 1.81 bits per heavy atom. The Kier molecular flexibility index (Phi) is 3.99. The molecule has 1 amide bonds. The van der Waals surface area contributed by atoms with Gasteiger partial charge in [-0.1, -0.05) is 19.3 Å². The van der Waals surface area contributed by atoms with E-state index in [2.05, 4.69) is 15.0 Å². The number of nitrogens with one attached hydrogen (secondary N) is 1. The second kappa shape index (κ2) is 6.37. The Morgan fingerprint density at radius 1 is 1.04 bits per heavy atom. The summed E-state index contributed by atoms with van der Waals surface area (Å²) in [6.45, 7) is 2.43. The van der Waals surface area contributed by atoms with Gasteiger partial charge in [-0.3, -0.25) is 4.79 Å². The number of carbonyl (C=O) groups is 1. The molecule has 2 aliphatic heterocycles. The summed E-state index contributed by atoms with van der Waals surface area (Å²) in [6, 6.07) is 0. The number of ether oxygens (including phenoxy) is 1. The quantitative estimate of drug-likeness (QED) is 0.837. The first-order chi connectivity index (χ1) is 12.8. The normalized spacial score (nSPS) is 24.8. The zero-order valence-corrected chi connectivity index (χ0v) is 15.3. The molecule has 1 saturated heterocycles. The Morgan fingerprint density at radius 3 is 2.62 bits per heavy atom. The number of morpholine rings is 1. The fourth-order valence-corrected chi connectivity index (χ4v) is 5.16. The van der Waals surface area contributed by atoms with Crippen LogP contribution in [0.2, 0.25) is 0 Å². The fourth-order valence-electron chi connectivity index (χ4n) is 5.16. The van der Waals surface area contributed by atoms with Gasteiger partial charge in [0.05, 0.1) is 18.8 Å². The van der Waals surface area contributed by atoms with Crippen LogP contribution in [0.15, 0.2) is 11.3 Å². The van der Waals surface area contributed by atoms with Gasteiger partial charge < -0.3 is 15.0 Å². The highest BCUT2D eigenvalue weighted by molar-refractivity contribution is 5.91. The lowest BCUT2D eigenvalue weighted by Gasteiger charge is -2.45. The zero-order valence-electron chi connectivity index (χ0n) is 15.3. The maximum Gasteiger partial charge on any atom is 0.293 e. The lowest BCUT2D eigenvalue weighted by atomic mass is 9.71. The predicted octanol–water partition coefficient (Wildman–Crippen LogP) is 2.66. The van der Waals surface area contributed by atoms with Gasteiger partial charge in [0.2, 0.25) is 11.8 Å². The van der Waals surface area contributed by atoms with Gasteiger partial charge in [-0.05, 0) is 44.1 Å². The Labute approximate surface area is 153 Å². The Balaban J connectivity index is 1.53. The van der Waals surface area contributed by atoms with Crippen LogP contribution in [0.3, 0.4) is 0 Å². The van der Waals surface area contributed by atoms with Crippen molar-refractivity contribution in [1.29, 1.82) is 0 Å². The molecule has 140 valence electrons. The maximum absolute atomic E-state index is 12.9. The second-order valence-electron chi connectivity index (χ2n) is 7.96. The molecule has 1 aromatic heterocycles. The van der Waals surface area contributed by atoms with Crippen molar-refractivity contribution in [2.24, 2.45) is 0 Å². The summed E-state index contributed by atoms with van der Waals surface area (Å²) in [5.41, 5.74) is 2.83. The summed E-state index contributed by atoms with van der Waals surface area (Å²) in [6.07, 6.45) is 10.7. The Bertz CT molecular complexity index is 741. The van der Waals surface area contributed by atoms with Crippen molar-refractivity contribution in [3.05, 3.63) is 17.1 Å². The summed E-state index contributed by atoms with van der Waals surface area (Å²) in [5.74, 6) is 1.03. The largest absolute Gasteiger partial charge is 0.378 e. The van der Waals surface area contributed by atoms with Crippen LogP contribution >= 0.6 is 0 Å². The highest BCUT2D eigenvalue weighted by atomic mass is 16.5. The van der Waals surface area contributed by atoms with E-state index in [1.54, 1.807) is 0 Å². The van der Waals surface area contributed by atoms with Crippen LogP contribution in [0.5, 0.6) is 0 Å². The molecule has 1 aromatic rings. The number of aromatic nitrogens is 3. The van der Waals surface area contributed by atoms with Crippen molar-refractivity contribution in [3.63, 3.8) is 0 Å². The molecule has 2 fully saturated rings. The summed E-state index contributed by atoms with van der Waals surface area (Å²) >= 11 is 0. The monoisotopic (exact) mass is 357 g/mol. The average Bonchev–Trinajstić information content (AvgIpc) is 3.14. The van der Waals surface area contributed by atoms with E-state index < -0.39 is 0 Å². The van der Waals surface area contributed by atoms with Gasteiger partial charge in [0.1, 0.15) is 0 Å². The lowest BCUT2D eigenvalue weighted by molar-refractivity contribution is 0.0294. The third kappa shape index (κ3) is 2.47. The number of rotatable bonds is 1. The number of nitrogens with zero attached hydrogens (tertiary/aromatic N) is 4. The van der Waals surface area contributed by atoms with Gasteiger partial charge in [-0.15, -0.1) is 5.10 Å². The first-order valence-electron chi connectivity index (χ1n) is 10.1. The minimum Gasteiger partial charge on any atom is -0.378 e. The fraction of sp³-hybridized carbons (Fsp3) is 0.737. The van der Waals surface area contributed by atoms with Crippen LogP contribution < -0.4 is 5.32 Å². The molecule has 5 rings (SSSR count). The molecule has 0 aromatic carbocycles. The minimum atomic E-state index is -0.0686. The average molecular weight is 357 g/mol. The number of allylic oxidation sites excluding steroid dienone is 2. The van der Waals surface area contributed by atoms with Crippen LogP contribution in [-0.2, 0) is 10.3 Å². The highest BCUT2D eigenvalue weighted by Crippen LogP contribution is 2.49. The number of anilines is 1. The Hall–Kier alpha value is -1.89. The van der Waals surface area contributed by atoms with Crippen molar-refractivity contribution in [2.75, 3.05) is 31.6 Å². The molecule has 1 N–H and O–H groups in total. The molecular weight excluding hydrogens is 330 g/mol. The van der Waals surface area contributed by atoms with Crippen molar-refractivity contribution in [1.82, 2.24) is 19.7 Å². The smallest absolute Gasteiger partial charge is 0.293 e. The van der Waals surface area contributed by atoms with Gasteiger partial charge in [0.15, 0.2) is 0 Å². The summed E-state index contributed by atoms with van der Waals surface area (Å²) < 4.78 is 7.44. The highest BCUT2D eigenvalue weighted by Gasteiger charge is 2.45. The van der Waals surface area contributed by atoms with Crippen LogP contribution in [-0.4, -0.2) is 51.9 Å². The van der Waals surface area contributed by atoms with E-state index >= 15 is 0 Å². The SMILES string of the molecule is O=C(c1nc2n(n1)C1(CCCCC1)C1=C(CCCC1)N2)N1CCOCC1. The van der Waals surface area contributed by atoms with Crippen LogP contribution in [0.4, 0.5) is 5.95 Å². The van der Waals surface area contributed by atoms with Gasteiger partial charge in [-0.2, -0.15) is 4.98 Å². The summed E-state index contributed by atoms with van der Waals surface area (Å²) in [5, 5.41) is 8.29. The van der Waals surface area contributed by atoms with E-state index in [1.165, 1.54) is 43.4 Å². The van der Waals surface area contributed by atoms with E-state index in [-0.39, 0.29) is 11.4 Å². The third-order valence-electron chi connectivity index (χ3n) is 6.48. The first kappa shape index (κ1) is 16.3. The number of carbonyl (C=O) groups excluding carboxylic acids is 1. The lowest BCUT2D eigenvalue weighted by Crippen LogP contribution is -2.44. The molecule has 0 unspecified atom stereocenters. The molecule has 0 radical (unpaired) electrons. The molecule has 2 aliphatic carbocycles. The van der Waals surface area contributed by atoms with E-state index in [4.69, 9.17) is 9.84 Å². The minimum absolute atomic E-state index is 0.0505. The maximum atomic E-state index is 12.9. The third-order valence-corrected chi connectivity index (χ3v) is 6.48. The molecule has 0 bridgehead atoms. The molecule has 7 heteroatoms. The van der Waals surface area contributed by atoms with Crippen LogP contribution in [0.1, 0.15) is 68.4 Å². The second-order valence-corrected chi connectivity index (χ2v) is 7.96. The van der Waals surface area contributed by atoms with E-state index in [0.29, 0.717) is 32.1 Å². The molecule has 7 nitrogen and oxygen atoms in total. The standard InChI is InChI=1S/C19H27N5O2/c25-17(23-10-12-26-13-11-23)16-21-18-20-15-7-3-2-6-14(15)19(24(18)22-16)8-4-1-5-9-19/h1-13H2,(H,20,21,22). The summed E-state index contributed by atoms with van der Waals surface area (Å²) in [4.78, 5) is 19.3. The van der Waals surface area contributed by atoms with Crippen molar-refractivity contribution < 1.29 is 9.53 Å². The molecule has 1 saturated carbocycles. The number of hydrogen-bond donors (Lipinski definition) is 1. The molecule has 3 heterocycles. The molecular formula is C19H27N5O2. The van der Waals surface area contributed by atoms with Gasteiger partial charge >= 0.3 is 0 Å². The van der Waals surface area contributed by atoms with Crippen molar-refractivity contribution in [3.8, 4) is 0 Å². The molecule has 26 heavy (non-hydrogen) atoms. The van der Waals surface area contributed by atoms with Gasteiger partial charge in [0.25, 0.3) is 5.91 Å². The van der Waals surface area contributed by atoms with Crippen LogP contribution in [0.25, 0.3) is 0 Å². The van der Waals surface area contributed by atoms with Crippen LogP contribution in [0, 0.1) is 0 Å². The topological polar surface area (TPSA) is 72.3 Å². The number of hydrogen-bond acceptors (Lipinski definition) is 5. The number of fused-ring (bicyclic) bond motifs is 3. The summed E-state index contributed by atoms with van der Waals surface area (Å²) in [7, 11) is 0. The van der Waals surface area contributed by atoms with E-state index in [1.807, 2.05) is 4.90 Å². The van der Waals surface area contributed by atoms with Crippen molar-refractivity contribution >= 4 is 11.9 Å². The molecule has 0 atom stereocenters. The van der Waals surface area contributed by atoms with Gasteiger partial charge in [-0.25, -0.2) is 4.68 Å². The number of amides is 1. The first-order valence-corrected chi connectivity index (χ1v) is 10.1. The van der Waals surface area contributed by atoms with Gasteiger partial charge in [0, 0.05) is 18.8 Å². The van der Waals surface area contributed by atoms with E-state index in [0.717, 1.165) is 31.6 Å². The van der Waals surface area contributed by atoms with Crippen molar-refractivity contribution in [2.45, 2.75) is 63.3 Å².